The summed E-state index contributed by atoms with van der Waals surface area (Å²) in [6, 6.07) is 0. The van der Waals surface area contributed by atoms with Crippen LogP contribution < -0.4 is 0 Å². The van der Waals surface area contributed by atoms with Crippen molar-refractivity contribution in [2.45, 2.75) is 129 Å². The van der Waals surface area contributed by atoms with E-state index in [4.69, 9.17) is 37.0 Å². The third-order valence-electron chi connectivity index (χ3n) is 6.64. The van der Waals surface area contributed by atoms with Crippen molar-refractivity contribution in [1.29, 1.82) is 0 Å². The summed E-state index contributed by atoms with van der Waals surface area (Å²) in [5.74, 6) is -2.84. The molecule has 16 heteroatoms. The first-order valence-corrected chi connectivity index (χ1v) is 19.9. The van der Waals surface area contributed by atoms with Gasteiger partial charge in [-0.15, -0.1) is 0 Å². The summed E-state index contributed by atoms with van der Waals surface area (Å²) in [7, 11) is -9.73. The third kappa shape index (κ3) is 18.8. The van der Waals surface area contributed by atoms with E-state index < -0.39 is 93.3 Å². The van der Waals surface area contributed by atoms with E-state index in [2.05, 4.69) is 0 Å². The number of rotatable bonds is 19. The summed E-state index contributed by atoms with van der Waals surface area (Å²) in [5, 5.41) is -1.84. The Morgan fingerprint density at radius 2 is 0.784 bits per heavy atom. The van der Waals surface area contributed by atoms with Gasteiger partial charge in [0.15, 0.2) is 5.40 Å². The molecule has 0 radical (unpaired) electrons. The van der Waals surface area contributed by atoms with Gasteiger partial charge in [0, 0.05) is 0 Å². The van der Waals surface area contributed by atoms with Crippen molar-refractivity contribution in [3.8, 4) is 0 Å². The van der Waals surface area contributed by atoms with Gasteiger partial charge >= 0.3 is 39.1 Å². The molecule has 0 N–H and O–H groups in total. The Bertz CT molecular complexity index is 1180. The fourth-order valence-corrected chi connectivity index (χ4v) is 7.88. The van der Waals surface area contributed by atoms with Crippen LogP contribution in [0.25, 0.3) is 0 Å². The second-order valence-corrected chi connectivity index (χ2v) is 21.2. The highest BCUT2D eigenvalue weighted by Crippen LogP contribution is 2.71. The van der Waals surface area contributed by atoms with E-state index in [1.165, 1.54) is 0 Å². The quantitative estimate of drug-likeness (QED) is 0.0400. The van der Waals surface area contributed by atoms with Crippen LogP contribution in [0.2, 0.25) is 0 Å². The molecule has 0 unspecified atom stereocenters. The fourth-order valence-electron chi connectivity index (χ4n) is 3.33. The molecule has 0 spiro atoms. The summed E-state index contributed by atoms with van der Waals surface area (Å²) in [6.07, 6.45) is 4.59. The lowest BCUT2D eigenvalue weighted by atomic mass is 9.98. The normalized spacial score (nSPS) is 13.5. The Hall–Kier alpha value is -2.34. The maximum Gasteiger partial charge on any atom is 0.351 e. The van der Waals surface area contributed by atoms with Crippen LogP contribution in [0.15, 0.2) is 23.3 Å². The van der Waals surface area contributed by atoms with Crippen LogP contribution >= 0.6 is 15.2 Å². The molecule has 0 amide bonds. The van der Waals surface area contributed by atoms with Gasteiger partial charge in [-0.2, -0.15) is 0 Å². The molecule has 0 atom stereocenters. The number of ether oxygens (including phenoxy) is 4. The van der Waals surface area contributed by atoms with Crippen molar-refractivity contribution < 1.29 is 65.4 Å². The Morgan fingerprint density at radius 1 is 0.510 bits per heavy atom. The predicted octanol–water partition coefficient (Wildman–Crippen LogP) is 9.04. The fraction of sp³-hybridized carbons (Fsp3) is 0.771. The van der Waals surface area contributed by atoms with Crippen LogP contribution in [0, 0.1) is 21.7 Å². The van der Waals surface area contributed by atoms with Gasteiger partial charge in [0.2, 0.25) is 27.2 Å². The van der Waals surface area contributed by atoms with Gasteiger partial charge in [0.05, 0.1) is 21.7 Å². The molecule has 0 fully saturated rings. The van der Waals surface area contributed by atoms with Gasteiger partial charge in [0.25, 0.3) is 0 Å². The summed E-state index contributed by atoms with van der Waals surface area (Å²) in [6.45, 7) is 21.2. The van der Waals surface area contributed by atoms with E-state index >= 15 is 0 Å². The number of hydrogen-bond donors (Lipinski definition) is 0. The minimum absolute atomic E-state index is 0.337. The maximum absolute atomic E-state index is 14.8. The Labute approximate surface area is 304 Å². The zero-order valence-corrected chi connectivity index (χ0v) is 35.1. The highest BCUT2D eigenvalue weighted by atomic mass is 31.2. The summed E-state index contributed by atoms with van der Waals surface area (Å²) in [5.41, 5.74) is -1.94. The zero-order chi connectivity index (χ0) is 40.1. The van der Waals surface area contributed by atoms with E-state index in [1.807, 2.05) is 26.8 Å². The van der Waals surface area contributed by atoms with Crippen molar-refractivity contribution in [1.82, 2.24) is 0 Å². The van der Waals surface area contributed by atoms with Crippen LogP contribution in [0.1, 0.15) is 123 Å². The molecule has 0 aromatic rings. The highest BCUT2D eigenvalue weighted by molar-refractivity contribution is 7.72. The molecule has 0 aromatic carbocycles. The molecule has 296 valence electrons. The minimum atomic E-state index is -4.86. The number of carbonyl (C=O) groups excluding carboxylic acids is 4. The molecule has 0 bridgehead atoms. The largest absolute Gasteiger partial charge is 0.438 e. The second kappa shape index (κ2) is 20.2. The van der Waals surface area contributed by atoms with E-state index in [0.29, 0.717) is 12.8 Å². The molecular weight excluding hydrogens is 706 g/mol. The Balaban J connectivity index is 7.12. The van der Waals surface area contributed by atoms with E-state index in [-0.39, 0.29) is 6.42 Å². The van der Waals surface area contributed by atoms with Gasteiger partial charge in [-0.1, -0.05) is 23.3 Å². The Kier molecular flexibility index (Phi) is 19.3. The van der Waals surface area contributed by atoms with Crippen LogP contribution in [0.5, 0.6) is 0 Å². The molecule has 0 aromatic heterocycles. The van der Waals surface area contributed by atoms with Gasteiger partial charge in [-0.3, -0.25) is 46.4 Å². The number of esters is 4. The zero-order valence-electron chi connectivity index (χ0n) is 33.3. The van der Waals surface area contributed by atoms with E-state index in [9.17, 15) is 28.3 Å². The predicted molar refractivity (Wildman–Crippen MR) is 192 cm³/mol. The van der Waals surface area contributed by atoms with E-state index in [0.717, 1.165) is 11.1 Å². The Morgan fingerprint density at radius 3 is 1.02 bits per heavy atom. The summed E-state index contributed by atoms with van der Waals surface area (Å²) >= 11 is 0. The molecule has 0 rings (SSSR count). The molecule has 0 heterocycles. The molecular formula is C35H62O14P2. The topological polar surface area (TPSA) is 176 Å². The first-order valence-electron chi connectivity index (χ1n) is 16.7. The molecule has 0 aliphatic heterocycles. The molecule has 0 aliphatic carbocycles. The van der Waals surface area contributed by atoms with Gasteiger partial charge < -0.3 is 18.9 Å². The number of allylic oxidation sites excluding steroid dienone is 4. The summed E-state index contributed by atoms with van der Waals surface area (Å²) < 4.78 is 72.8. The lowest BCUT2D eigenvalue weighted by molar-refractivity contribution is -0.163. The van der Waals surface area contributed by atoms with Gasteiger partial charge in [-0.25, -0.2) is 0 Å². The van der Waals surface area contributed by atoms with Crippen molar-refractivity contribution >= 4 is 39.1 Å². The van der Waals surface area contributed by atoms with E-state index in [1.54, 1.807) is 89.2 Å². The summed E-state index contributed by atoms with van der Waals surface area (Å²) in [4.78, 5) is 50.2. The highest BCUT2D eigenvalue weighted by Gasteiger charge is 2.52. The first kappa shape index (κ1) is 48.7. The van der Waals surface area contributed by atoms with Gasteiger partial charge in [0.1, 0.15) is 0 Å². The van der Waals surface area contributed by atoms with Crippen molar-refractivity contribution in [3.05, 3.63) is 23.3 Å². The van der Waals surface area contributed by atoms with Gasteiger partial charge in [-0.05, 0) is 123 Å². The lowest BCUT2D eigenvalue weighted by Crippen LogP contribution is -2.28. The van der Waals surface area contributed by atoms with Crippen LogP contribution in [0.4, 0.5) is 0 Å². The number of carbonyl (C=O) groups is 4. The first-order chi connectivity index (χ1) is 23.0. The van der Waals surface area contributed by atoms with Crippen molar-refractivity contribution in [3.63, 3.8) is 0 Å². The average molecular weight is 769 g/mol. The smallest absolute Gasteiger partial charge is 0.351 e. The standard InChI is InChI=1S/C35H62O14P2/c1-25(2)17-16-18-26(3)19-20-27(50(40,46-21-42-28(36)32(4,5)6)47-22-43-29(37)33(7,8)9)51(41,48-23-44-30(38)34(10,11)12)49-24-45-31(39)35(13,14)15/h17,19,27H,16,18,20-24H2,1-15H3/b26-19-. The van der Waals surface area contributed by atoms with Crippen LogP contribution in [-0.4, -0.2) is 56.4 Å². The molecule has 14 nitrogen and oxygen atoms in total. The molecule has 0 aliphatic rings. The monoisotopic (exact) mass is 768 g/mol. The minimum Gasteiger partial charge on any atom is -0.438 e. The molecule has 0 saturated heterocycles. The number of hydrogen-bond acceptors (Lipinski definition) is 14. The van der Waals surface area contributed by atoms with Crippen molar-refractivity contribution in [2.24, 2.45) is 21.7 Å². The third-order valence-corrected chi connectivity index (χ3v) is 12.1. The lowest BCUT2D eigenvalue weighted by Gasteiger charge is -2.31. The van der Waals surface area contributed by atoms with Crippen molar-refractivity contribution in [2.75, 3.05) is 27.2 Å². The molecule has 0 saturated carbocycles. The van der Waals surface area contributed by atoms with Crippen LogP contribution in [-0.2, 0) is 65.4 Å². The second-order valence-electron chi connectivity index (χ2n) is 16.4. The molecule has 51 heavy (non-hydrogen) atoms. The average Bonchev–Trinajstić information content (AvgIpc) is 2.94. The van der Waals surface area contributed by atoms with Crippen LogP contribution in [0.3, 0.4) is 0 Å². The SMILES string of the molecule is CC(C)=CCC/C(C)=C\CC(P(=O)(OCOC(=O)C(C)(C)C)OCOC(=O)C(C)(C)C)P(=O)(OCOC(=O)C(C)(C)C)OCOC(=O)C(C)(C)C. The maximum atomic E-state index is 14.8.